The maximum absolute atomic E-state index is 13.5. The molecule has 3 N–H and O–H groups in total. The molecule has 8 nitrogen and oxygen atoms in total. The quantitative estimate of drug-likeness (QED) is 0.288. The largest absolute Gasteiger partial charge is 0.481 e. The Morgan fingerprint density at radius 3 is 2.54 bits per heavy atom. The van der Waals surface area contributed by atoms with E-state index in [1.807, 2.05) is 60.7 Å². The number of carboxylic acids is 1. The van der Waals surface area contributed by atoms with Crippen LogP contribution >= 0.6 is 0 Å². The Hall–Kier alpha value is -4.56. The van der Waals surface area contributed by atoms with Crippen molar-refractivity contribution in [1.82, 2.24) is 10.3 Å². The van der Waals surface area contributed by atoms with Gasteiger partial charge in [-0.25, -0.2) is 0 Å². The van der Waals surface area contributed by atoms with Gasteiger partial charge in [-0.15, -0.1) is 0 Å². The van der Waals surface area contributed by atoms with Crippen LogP contribution in [0.4, 0.5) is 5.69 Å². The molecule has 1 aromatic heterocycles. The number of fused-ring (bicyclic) bond motifs is 4. The fraction of sp³-hybridized carbons (Fsp3) is 0.273. The van der Waals surface area contributed by atoms with E-state index in [4.69, 9.17) is 9.47 Å². The summed E-state index contributed by atoms with van der Waals surface area (Å²) in [7, 11) is 0. The molecule has 3 aliphatic rings. The van der Waals surface area contributed by atoms with Crippen LogP contribution in [0.1, 0.15) is 41.3 Å². The summed E-state index contributed by atoms with van der Waals surface area (Å²) in [5.74, 6) is 0.507. The van der Waals surface area contributed by atoms with Crippen molar-refractivity contribution < 1.29 is 24.2 Å². The number of aromatic amines is 1. The first kappa shape index (κ1) is 25.4. The molecule has 208 valence electrons. The third-order valence-electron chi connectivity index (χ3n) is 8.53. The number of nitrogens with one attached hydrogen (secondary N) is 2. The molecule has 0 aliphatic carbocycles. The van der Waals surface area contributed by atoms with Crippen LogP contribution in [0.3, 0.4) is 0 Å². The number of anilines is 1. The number of benzene rings is 3. The summed E-state index contributed by atoms with van der Waals surface area (Å²) in [6, 6.07) is 21.7. The predicted octanol–water partition coefficient (Wildman–Crippen LogP) is 5.08. The standard InChI is InChI=1S/C33H31N3O5/c37-28(11-7-20-5-9-23(10-6-20)36-15-13-21(14-16-36)33(38)39)27-18-25-24-3-1-2-4-26(24)34-32(25)31(35-27)22-8-12-29-30(17-22)41-19-40-29/h1-12,17,21,27,31,34-35H,13-16,18-19H2,(H,38,39). The minimum atomic E-state index is -0.703. The maximum Gasteiger partial charge on any atom is 0.306 e. The van der Waals surface area contributed by atoms with Crippen LogP contribution in [-0.4, -0.2) is 47.8 Å². The van der Waals surface area contributed by atoms with Gasteiger partial charge in [-0.1, -0.05) is 42.5 Å². The molecular weight excluding hydrogens is 518 g/mol. The summed E-state index contributed by atoms with van der Waals surface area (Å²) < 4.78 is 11.1. The first-order valence-corrected chi connectivity index (χ1v) is 14.1. The van der Waals surface area contributed by atoms with Crippen LogP contribution in [0.25, 0.3) is 17.0 Å². The van der Waals surface area contributed by atoms with Gasteiger partial charge < -0.3 is 24.5 Å². The second kappa shape index (κ2) is 10.4. The lowest BCUT2D eigenvalue weighted by atomic mass is 9.88. The van der Waals surface area contributed by atoms with E-state index in [1.165, 1.54) is 0 Å². The highest BCUT2D eigenvalue weighted by Gasteiger charge is 2.34. The van der Waals surface area contributed by atoms with E-state index < -0.39 is 5.97 Å². The van der Waals surface area contributed by atoms with Crippen molar-refractivity contribution in [3.8, 4) is 11.5 Å². The second-order valence-electron chi connectivity index (χ2n) is 11.0. The molecule has 0 bridgehead atoms. The fourth-order valence-electron chi connectivity index (χ4n) is 6.25. The zero-order valence-corrected chi connectivity index (χ0v) is 22.5. The lowest BCUT2D eigenvalue weighted by Gasteiger charge is -2.32. The van der Waals surface area contributed by atoms with Gasteiger partial charge in [0.15, 0.2) is 17.3 Å². The molecule has 2 unspecified atom stereocenters. The lowest BCUT2D eigenvalue weighted by Crippen LogP contribution is -2.44. The van der Waals surface area contributed by atoms with Crippen LogP contribution in [0, 0.1) is 5.92 Å². The number of piperidine rings is 1. The summed E-state index contributed by atoms with van der Waals surface area (Å²) in [6.45, 7) is 1.68. The van der Waals surface area contributed by atoms with E-state index in [0.29, 0.717) is 25.0 Å². The van der Waals surface area contributed by atoms with Crippen molar-refractivity contribution in [2.45, 2.75) is 31.3 Å². The third kappa shape index (κ3) is 4.85. The van der Waals surface area contributed by atoms with E-state index in [9.17, 15) is 14.7 Å². The van der Waals surface area contributed by atoms with Crippen LogP contribution < -0.4 is 19.7 Å². The summed E-state index contributed by atoms with van der Waals surface area (Å²) >= 11 is 0. The number of para-hydroxylation sites is 1. The molecule has 0 radical (unpaired) electrons. The first-order chi connectivity index (χ1) is 20.0. The Kier molecular flexibility index (Phi) is 6.47. The highest BCUT2D eigenvalue weighted by atomic mass is 16.7. The van der Waals surface area contributed by atoms with Gasteiger partial charge in [0.1, 0.15) is 0 Å². The Balaban J connectivity index is 1.10. The molecule has 1 saturated heterocycles. The van der Waals surface area contributed by atoms with E-state index in [1.54, 1.807) is 6.08 Å². The van der Waals surface area contributed by atoms with E-state index in [0.717, 1.165) is 57.8 Å². The zero-order valence-electron chi connectivity index (χ0n) is 22.5. The van der Waals surface area contributed by atoms with Gasteiger partial charge in [0.25, 0.3) is 0 Å². The number of carbonyl (C=O) groups excluding carboxylic acids is 1. The second-order valence-corrected chi connectivity index (χ2v) is 11.0. The number of carbonyl (C=O) groups is 2. The number of H-pyrrole nitrogens is 1. The number of nitrogens with zero attached hydrogens (tertiary/aromatic N) is 1. The molecule has 4 heterocycles. The Morgan fingerprint density at radius 1 is 0.951 bits per heavy atom. The van der Waals surface area contributed by atoms with Crippen LogP contribution in [-0.2, 0) is 16.0 Å². The number of ketones is 1. The SMILES string of the molecule is O=C(O)C1CCN(c2ccc(C=CC(=O)C3Cc4c([nH]c5ccccc45)C(c4ccc5c(c4)OCO5)N3)cc2)CC1. The normalized spacial score (nSPS) is 20.4. The van der Waals surface area contributed by atoms with Crippen LogP contribution in [0.2, 0.25) is 0 Å². The molecule has 0 saturated carbocycles. The minimum Gasteiger partial charge on any atom is -0.481 e. The van der Waals surface area contributed by atoms with E-state index >= 15 is 0 Å². The number of carboxylic acid groups (broad SMARTS) is 1. The number of rotatable bonds is 6. The van der Waals surface area contributed by atoms with Gasteiger partial charge in [-0.3, -0.25) is 14.9 Å². The molecule has 2 atom stereocenters. The molecule has 1 fully saturated rings. The topological polar surface area (TPSA) is 104 Å². The zero-order chi connectivity index (χ0) is 27.9. The van der Waals surface area contributed by atoms with Crippen molar-refractivity contribution in [3.05, 3.63) is 95.2 Å². The Labute approximate surface area is 237 Å². The highest BCUT2D eigenvalue weighted by Crippen LogP contribution is 2.39. The van der Waals surface area contributed by atoms with Gasteiger partial charge >= 0.3 is 5.97 Å². The van der Waals surface area contributed by atoms with E-state index in [-0.39, 0.29) is 30.6 Å². The van der Waals surface area contributed by atoms with Gasteiger partial charge in [0, 0.05) is 35.4 Å². The molecule has 3 aliphatic heterocycles. The number of aliphatic carboxylic acids is 1. The summed E-state index contributed by atoms with van der Waals surface area (Å²) in [5.41, 5.74) is 6.31. The van der Waals surface area contributed by atoms with E-state index in [2.05, 4.69) is 27.3 Å². The number of aromatic nitrogens is 1. The van der Waals surface area contributed by atoms with Crippen LogP contribution in [0.5, 0.6) is 11.5 Å². The molecule has 7 rings (SSSR count). The number of hydrogen-bond donors (Lipinski definition) is 3. The average molecular weight is 550 g/mol. The molecule has 0 spiro atoms. The molecule has 41 heavy (non-hydrogen) atoms. The Morgan fingerprint density at radius 2 is 1.73 bits per heavy atom. The van der Waals surface area contributed by atoms with Gasteiger partial charge in [-0.05, 0) is 72.4 Å². The van der Waals surface area contributed by atoms with Crippen molar-refractivity contribution in [2.24, 2.45) is 5.92 Å². The monoisotopic (exact) mass is 549 g/mol. The predicted molar refractivity (Wildman–Crippen MR) is 156 cm³/mol. The van der Waals surface area contributed by atoms with Gasteiger partial charge in [0.2, 0.25) is 6.79 Å². The fourth-order valence-corrected chi connectivity index (χ4v) is 6.25. The number of ether oxygens (including phenoxy) is 2. The molecule has 3 aromatic carbocycles. The van der Waals surface area contributed by atoms with Gasteiger partial charge in [-0.2, -0.15) is 0 Å². The molecule has 4 aromatic rings. The van der Waals surface area contributed by atoms with Crippen molar-refractivity contribution in [2.75, 3.05) is 24.8 Å². The molecule has 0 amide bonds. The third-order valence-corrected chi connectivity index (χ3v) is 8.53. The molecule has 8 heteroatoms. The minimum absolute atomic E-state index is 0.0199. The first-order valence-electron chi connectivity index (χ1n) is 14.1. The average Bonchev–Trinajstić information content (AvgIpc) is 3.64. The van der Waals surface area contributed by atoms with Crippen molar-refractivity contribution >= 4 is 34.4 Å². The Bertz CT molecular complexity index is 1650. The highest BCUT2D eigenvalue weighted by molar-refractivity contribution is 5.99. The van der Waals surface area contributed by atoms with Crippen molar-refractivity contribution in [3.63, 3.8) is 0 Å². The van der Waals surface area contributed by atoms with Crippen molar-refractivity contribution in [1.29, 1.82) is 0 Å². The van der Waals surface area contributed by atoms with Crippen LogP contribution in [0.15, 0.2) is 72.8 Å². The number of hydrogen-bond acceptors (Lipinski definition) is 6. The van der Waals surface area contributed by atoms with Gasteiger partial charge in [0.05, 0.1) is 18.0 Å². The summed E-state index contributed by atoms with van der Waals surface area (Å²) in [5, 5.41) is 14.0. The smallest absolute Gasteiger partial charge is 0.306 e. The summed E-state index contributed by atoms with van der Waals surface area (Å²) in [6.07, 6.45) is 5.44. The summed E-state index contributed by atoms with van der Waals surface area (Å²) in [4.78, 5) is 30.6. The molecular formula is C33H31N3O5. The lowest BCUT2D eigenvalue weighted by molar-refractivity contribution is -0.142. The maximum atomic E-state index is 13.5.